The first-order chi connectivity index (χ1) is 10.7. The molecule has 1 heterocycles. The molecule has 0 saturated heterocycles. The average Bonchev–Trinajstić information content (AvgIpc) is 2.98. The number of aryl methyl sites for hydroxylation is 1. The van der Waals surface area contributed by atoms with Crippen LogP contribution >= 0.6 is 11.3 Å². The predicted octanol–water partition coefficient (Wildman–Crippen LogP) is 5.31. The van der Waals surface area contributed by atoms with Crippen molar-refractivity contribution in [3.8, 4) is 0 Å². The molecule has 2 nitrogen and oxygen atoms in total. The molecule has 3 heteroatoms. The summed E-state index contributed by atoms with van der Waals surface area (Å²) in [6.07, 6.45) is 1.05. The summed E-state index contributed by atoms with van der Waals surface area (Å²) in [4.78, 5) is 6.95. The van der Waals surface area contributed by atoms with Gasteiger partial charge in [0.25, 0.3) is 0 Å². The van der Waals surface area contributed by atoms with Crippen molar-refractivity contribution in [3.05, 3.63) is 59.7 Å². The van der Waals surface area contributed by atoms with Gasteiger partial charge in [-0.1, -0.05) is 61.6 Å². The number of fused-ring (bicyclic) bond motifs is 1. The lowest BCUT2D eigenvalue weighted by Gasteiger charge is -2.15. The summed E-state index contributed by atoms with van der Waals surface area (Å²) in [5.41, 5.74) is 3.76. The van der Waals surface area contributed by atoms with Gasteiger partial charge in [0.05, 0.1) is 10.2 Å². The first kappa shape index (κ1) is 16.5. The molecule has 3 rings (SSSR count). The molecule has 1 aromatic heterocycles. The molecule has 0 bridgehead atoms. The van der Waals surface area contributed by atoms with Gasteiger partial charge < -0.3 is 4.90 Å². The molecular formula is C19H24N2S. The van der Waals surface area contributed by atoms with Crippen LogP contribution in [0.3, 0.4) is 0 Å². The minimum Gasteiger partial charge on any atom is -0.351 e. The lowest BCUT2D eigenvalue weighted by atomic mass is 10.1. The van der Waals surface area contributed by atoms with E-state index in [0.717, 1.165) is 23.6 Å². The third-order valence-electron chi connectivity index (χ3n) is 3.44. The zero-order valence-electron chi connectivity index (χ0n) is 13.8. The maximum Gasteiger partial charge on any atom is 0.186 e. The minimum atomic E-state index is 0.989. The Balaban J connectivity index is 0.000000847. The molecule has 2 aromatic carbocycles. The van der Waals surface area contributed by atoms with Crippen LogP contribution < -0.4 is 4.90 Å². The quantitative estimate of drug-likeness (QED) is 0.649. The van der Waals surface area contributed by atoms with E-state index in [1.807, 2.05) is 13.8 Å². The van der Waals surface area contributed by atoms with Gasteiger partial charge in [0.2, 0.25) is 0 Å². The van der Waals surface area contributed by atoms with Crippen molar-refractivity contribution in [1.29, 1.82) is 0 Å². The maximum absolute atomic E-state index is 4.71. The fourth-order valence-corrected chi connectivity index (χ4v) is 3.27. The highest BCUT2D eigenvalue weighted by Crippen LogP contribution is 2.28. The van der Waals surface area contributed by atoms with Crippen LogP contribution in [0.25, 0.3) is 10.2 Å². The first-order valence-corrected chi connectivity index (χ1v) is 8.66. The Hall–Kier alpha value is -1.87. The SMILES string of the molecule is CC.Cc1ccc2nc(N(C)CCc3ccccc3)sc2c1. The van der Waals surface area contributed by atoms with Crippen molar-refractivity contribution in [2.75, 3.05) is 18.5 Å². The molecule has 0 N–H and O–H groups in total. The number of thiazole rings is 1. The standard InChI is InChI=1S/C17H18N2S.C2H6/c1-13-8-9-15-16(12-13)20-17(18-15)19(2)11-10-14-6-4-3-5-7-14;1-2/h3-9,12H,10-11H2,1-2H3;1-2H3. The van der Waals surface area contributed by atoms with Crippen molar-refractivity contribution in [3.63, 3.8) is 0 Å². The molecule has 0 aliphatic carbocycles. The van der Waals surface area contributed by atoms with Gasteiger partial charge in [0.15, 0.2) is 5.13 Å². The molecule has 0 unspecified atom stereocenters. The Kier molecular flexibility index (Phi) is 5.96. The normalized spacial score (nSPS) is 10.2. The number of aromatic nitrogens is 1. The van der Waals surface area contributed by atoms with Gasteiger partial charge in [-0.25, -0.2) is 4.98 Å². The zero-order chi connectivity index (χ0) is 15.9. The summed E-state index contributed by atoms with van der Waals surface area (Å²) in [5.74, 6) is 0. The van der Waals surface area contributed by atoms with Crippen LogP contribution in [0.4, 0.5) is 5.13 Å². The van der Waals surface area contributed by atoms with Gasteiger partial charge in [-0.2, -0.15) is 0 Å². The first-order valence-electron chi connectivity index (χ1n) is 7.84. The summed E-state index contributed by atoms with van der Waals surface area (Å²) < 4.78 is 1.27. The Morgan fingerprint density at radius 1 is 1.05 bits per heavy atom. The van der Waals surface area contributed by atoms with Crippen LogP contribution in [0.5, 0.6) is 0 Å². The molecule has 0 radical (unpaired) electrons. The zero-order valence-corrected chi connectivity index (χ0v) is 14.7. The van der Waals surface area contributed by atoms with Crippen molar-refractivity contribution in [2.24, 2.45) is 0 Å². The molecule has 0 atom stereocenters. The number of rotatable bonds is 4. The van der Waals surface area contributed by atoms with E-state index in [9.17, 15) is 0 Å². The third kappa shape index (κ3) is 4.08. The molecule has 22 heavy (non-hydrogen) atoms. The third-order valence-corrected chi connectivity index (χ3v) is 4.57. The predicted molar refractivity (Wildman–Crippen MR) is 99.1 cm³/mol. The fourth-order valence-electron chi connectivity index (χ4n) is 2.22. The largest absolute Gasteiger partial charge is 0.351 e. The molecule has 3 aromatic rings. The van der Waals surface area contributed by atoms with E-state index in [1.165, 1.54) is 15.8 Å². The topological polar surface area (TPSA) is 16.1 Å². The van der Waals surface area contributed by atoms with Crippen molar-refractivity contribution < 1.29 is 0 Å². The summed E-state index contributed by atoms with van der Waals surface area (Å²) in [6.45, 7) is 7.11. The highest BCUT2D eigenvalue weighted by molar-refractivity contribution is 7.22. The molecule has 0 fully saturated rings. The second kappa shape index (κ2) is 7.95. The summed E-state index contributed by atoms with van der Waals surface area (Å²) in [6, 6.07) is 17.0. The van der Waals surface area contributed by atoms with E-state index in [1.54, 1.807) is 11.3 Å². The highest BCUT2D eigenvalue weighted by Gasteiger charge is 2.08. The van der Waals surface area contributed by atoms with Crippen LogP contribution in [-0.2, 0) is 6.42 Å². The summed E-state index contributed by atoms with van der Waals surface area (Å²) in [7, 11) is 2.12. The Bertz CT molecular complexity index is 704. The van der Waals surface area contributed by atoms with Crippen molar-refractivity contribution >= 4 is 26.7 Å². The number of anilines is 1. The van der Waals surface area contributed by atoms with Gasteiger partial charge in [-0.05, 0) is 36.6 Å². The van der Waals surface area contributed by atoms with Crippen LogP contribution in [0.15, 0.2) is 48.5 Å². The lowest BCUT2D eigenvalue weighted by molar-refractivity contribution is 0.873. The maximum atomic E-state index is 4.71. The Morgan fingerprint density at radius 3 is 2.50 bits per heavy atom. The van der Waals surface area contributed by atoms with Gasteiger partial charge in [-0.3, -0.25) is 0 Å². The van der Waals surface area contributed by atoms with E-state index < -0.39 is 0 Å². The van der Waals surface area contributed by atoms with Gasteiger partial charge >= 0.3 is 0 Å². The molecular weight excluding hydrogens is 288 g/mol. The second-order valence-electron chi connectivity index (χ2n) is 5.12. The number of nitrogens with zero attached hydrogens (tertiary/aromatic N) is 2. The van der Waals surface area contributed by atoms with Gasteiger partial charge in [0, 0.05) is 13.6 Å². The number of likely N-dealkylation sites (N-methyl/N-ethyl adjacent to an activating group) is 1. The minimum absolute atomic E-state index is 0.989. The second-order valence-corrected chi connectivity index (χ2v) is 6.13. The molecule has 0 spiro atoms. The van der Waals surface area contributed by atoms with E-state index in [2.05, 4.69) is 67.4 Å². The summed E-state index contributed by atoms with van der Waals surface area (Å²) in [5, 5.41) is 1.10. The average molecular weight is 312 g/mol. The monoisotopic (exact) mass is 312 g/mol. The van der Waals surface area contributed by atoms with Gasteiger partial charge in [0.1, 0.15) is 0 Å². The van der Waals surface area contributed by atoms with E-state index in [0.29, 0.717) is 0 Å². The summed E-state index contributed by atoms with van der Waals surface area (Å²) >= 11 is 1.77. The Morgan fingerprint density at radius 2 is 1.77 bits per heavy atom. The fraction of sp³-hybridized carbons (Fsp3) is 0.316. The number of benzene rings is 2. The molecule has 0 saturated carbocycles. The highest BCUT2D eigenvalue weighted by atomic mass is 32.1. The van der Waals surface area contributed by atoms with Crippen LogP contribution in [0, 0.1) is 6.92 Å². The van der Waals surface area contributed by atoms with Crippen molar-refractivity contribution in [1.82, 2.24) is 4.98 Å². The molecule has 116 valence electrons. The van der Waals surface area contributed by atoms with Crippen molar-refractivity contribution in [2.45, 2.75) is 27.2 Å². The van der Waals surface area contributed by atoms with Gasteiger partial charge in [-0.15, -0.1) is 0 Å². The van der Waals surface area contributed by atoms with E-state index >= 15 is 0 Å². The number of hydrogen-bond donors (Lipinski definition) is 0. The smallest absolute Gasteiger partial charge is 0.186 e. The molecule has 0 amide bonds. The van der Waals surface area contributed by atoms with Crippen LogP contribution in [0.2, 0.25) is 0 Å². The van der Waals surface area contributed by atoms with Crippen LogP contribution in [-0.4, -0.2) is 18.6 Å². The lowest BCUT2D eigenvalue weighted by Crippen LogP contribution is -2.19. The Labute approximate surface area is 137 Å². The number of hydrogen-bond acceptors (Lipinski definition) is 3. The molecule has 0 aliphatic rings. The van der Waals surface area contributed by atoms with Crippen LogP contribution in [0.1, 0.15) is 25.0 Å². The van der Waals surface area contributed by atoms with E-state index in [4.69, 9.17) is 4.98 Å². The molecule has 0 aliphatic heterocycles. The van der Waals surface area contributed by atoms with E-state index in [-0.39, 0.29) is 0 Å².